The van der Waals surface area contributed by atoms with Crippen molar-refractivity contribution in [2.75, 3.05) is 17.3 Å². The number of anilines is 3. The molecule has 7 nitrogen and oxygen atoms in total. The van der Waals surface area contributed by atoms with E-state index in [1.165, 1.54) is 24.2 Å². The van der Waals surface area contributed by atoms with Crippen molar-refractivity contribution in [3.63, 3.8) is 0 Å². The van der Waals surface area contributed by atoms with E-state index in [1.54, 1.807) is 12.1 Å². The maximum Gasteiger partial charge on any atom is 0.322 e. The van der Waals surface area contributed by atoms with Crippen LogP contribution in [0.2, 0.25) is 0 Å². The highest BCUT2D eigenvalue weighted by molar-refractivity contribution is 6.00. The topological polar surface area (TPSA) is 84.2 Å². The zero-order valence-corrected chi connectivity index (χ0v) is 13.3. The van der Waals surface area contributed by atoms with Crippen LogP contribution in [0.4, 0.5) is 26.2 Å². The molecule has 2 aromatic heterocycles. The largest absolute Gasteiger partial charge is 0.398 e. The third-order valence-corrected chi connectivity index (χ3v) is 3.36. The summed E-state index contributed by atoms with van der Waals surface area (Å²) in [5.74, 6) is -2.85. The zero-order chi connectivity index (χ0) is 18.0. The number of amides is 1. The van der Waals surface area contributed by atoms with Crippen LogP contribution in [0.1, 0.15) is 16.4 Å². The number of aromatic nitrogens is 3. The van der Waals surface area contributed by atoms with E-state index in [-0.39, 0.29) is 17.6 Å². The molecule has 0 bridgehead atoms. The average molecular weight is 345 g/mol. The van der Waals surface area contributed by atoms with Crippen molar-refractivity contribution in [3.8, 4) is 0 Å². The molecule has 0 atom stereocenters. The van der Waals surface area contributed by atoms with Crippen LogP contribution in [0.15, 0.2) is 40.9 Å². The van der Waals surface area contributed by atoms with Crippen molar-refractivity contribution in [3.05, 3.63) is 59.7 Å². The van der Waals surface area contributed by atoms with Gasteiger partial charge in [0.2, 0.25) is 0 Å². The lowest BCUT2D eigenvalue weighted by molar-refractivity contribution is 0.0990. The number of rotatable bonds is 4. The van der Waals surface area contributed by atoms with E-state index in [9.17, 15) is 13.6 Å². The third-order valence-electron chi connectivity index (χ3n) is 3.36. The molecule has 3 rings (SSSR count). The molecule has 9 heteroatoms. The quantitative estimate of drug-likeness (QED) is 0.782. The molecular formula is C16H13F2N5O2. The van der Waals surface area contributed by atoms with E-state index >= 15 is 0 Å². The van der Waals surface area contributed by atoms with Crippen LogP contribution < -0.4 is 10.2 Å². The molecule has 0 spiro atoms. The number of carbonyl (C=O) groups is 1. The normalized spacial score (nSPS) is 10.6. The summed E-state index contributed by atoms with van der Waals surface area (Å²) < 4.78 is 31.6. The van der Waals surface area contributed by atoms with Crippen molar-refractivity contribution in [1.29, 1.82) is 0 Å². The molecule has 0 aliphatic heterocycles. The van der Waals surface area contributed by atoms with Gasteiger partial charge in [-0.2, -0.15) is 0 Å². The molecule has 0 fully saturated rings. The van der Waals surface area contributed by atoms with Gasteiger partial charge >= 0.3 is 17.8 Å². The molecule has 0 aliphatic carbocycles. The molecule has 1 amide bonds. The van der Waals surface area contributed by atoms with Crippen molar-refractivity contribution in [2.24, 2.45) is 0 Å². The van der Waals surface area contributed by atoms with E-state index in [2.05, 4.69) is 20.5 Å². The fourth-order valence-electron chi connectivity index (χ4n) is 1.97. The van der Waals surface area contributed by atoms with Gasteiger partial charge in [0, 0.05) is 24.5 Å². The van der Waals surface area contributed by atoms with Crippen LogP contribution in [0.25, 0.3) is 0 Å². The Balaban J connectivity index is 1.75. The van der Waals surface area contributed by atoms with Crippen molar-refractivity contribution < 1.29 is 18.0 Å². The molecule has 1 aromatic carbocycles. The van der Waals surface area contributed by atoms with Gasteiger partial charge < -0.3 is 9.73 Å². The van der Waals surface area contributed by atoms with Crippen LogP contribution in [-0.4, -0.2) is 28.1 Å². The number of hydrogen-bond acceptors (Lipinski definition) is 6. The number of hydrogen-bond donors (Lipinski definition) is 1. The Morgan fingerprint density at radius 3 is 2.64 bits per heavy atom. The van der Waals surface area contributed by atoms with Crippen molar-refractivity contribution in [2.45, 2.75) is 6.92 Å². The lowest BCUT2D eigenvalue weighted by atomic mass is 10.3. The van der Waals surface area contributed by atoms with Gasteiger partial charge in [0.25, 0.3) is 0 Å². The second-order valence-electron chi connectivity index (χ2n) is 5.19. The van der Waals surface area contributed by atoms with E-state index in [0.717, 1.165) is 17.8 Å². The average Bonchev–Trinajstić information content (AvgIpc) is 3.09. The molecule has 128 valence electrons. The molecule has 2 heterocycles. The van der Waals surface area contributed by atoms with Gasteiger partial charge in [-0.25, -0.2) is 8.78 Å². The highest BCUT2D eigenvalue weighted by Crippen LogP contribution is 2.24. The van der Waals surface area contributed by atoms with E-state index in [1.807, 2.05) is 6.92 Å². The molecular weight excluding hydrogens is 332 g/mol. The van der Waals surface area contributed by atoms with Crippen molar-refractivity contribution in [1.82, 2.24) is 15.2 Å². The lowest BCUT2D eigenvalue weighted by Crippen LogP contribution is -2.12. The summed E-state index contributed by atoms with van der Waals surface area (Å²) in [6, 6.07) is 6.70. The smallest absolute Gasteiger partial charge is 0.322 e. The van der Waals surface area contributed by atoms with Gasteiger partial charge in [-0.05, 0) is 31.2 Å². The van der Waals surface area contributed by atoms with E-state index in [4.69, 9.17) is 4.42 Å². The summed E-state index contributed by atoms with van der Waals surface area (Å²) in [4.78, 5) is 17.5. The zero-order valence-electron chi connectivity index (χ0n) is 13.3. The number of carbonyl (C=O) groups excluding carboxylic acids is 1. The summed E-state index contributed by atoms with van der Waals surface area (Å²) in [5.41, 5.74) is 1.58. The standard InChI is InChI=1S/C16H13F2N5O2/c1-9-3-4-10(8-19-9)20-14(24)15-21-22-16(25-15)23(2)11-5-6-12(17)13(18)7-11/h3-8H,1-2H3,(H,20,24). The Labute approximate surface area is 141 Å². The first-order valence-corrected chi connectivity index (χ1v) is 7.20. The number of nitrogens with zero attached hydrogens (tertiary/aromatic N) is 4. The Hall–Kier alpha value is -3.36. The Morgan fingerprint density at radius 2 is 1.96 bits per heavy atom. The van der Waals surface area contributed by atoms with Crippen LogP contribution in [-0.2, 0) is 0 Å². The first-order chi connectivity index (χ1) is 11.9. The predicted molar refractivity (Wildman–Crippen MR) is 85.6 cm³/mol. The minimum Gasteiger partial charge on any atom is -0.398 e. The number of pyridine rings is 1. The third kappa shape index (κ3) is 3.60. The van der Waals surface area contributed by atoms with Gasteiger partial charge in [-0.3, -0.25) is 14.7 Å². The highest BCUT2D eigenvalue weighted by atomic mass is 19.2. The second-order valence-corrected chi connectivity index (χ2v) is 5.19. The van der Waals surface area contributed by atoms with Gasteiger partial charge in [0.15, 0.2) is 11.6 Å². The highest BCUT2D eigenvalue weighted by Gasteiger charge is 2.19. The SMILES string of the molecule is Cc1ccc(NC(=O)c2nnc(N(C)c3ccc(F)c(F)c3)o2)cn1. The molecule has 1 N–H and O–H groups in total. The molecule has 0 aliphatic rings. The maximum absolute atomic E-state index is 13.3. The summed E-state index contributed by atoms with van der Waals surface area (Å²) in [6.07, 6.45) is 1.50. The van der Waals surface area contributed by atoms with Crippen LogP contribution >= 0.6 is 0 Å². The van der Waals surface area contributed by atoms with Gasteiger partial charge in [-0.1, -0.05) is 5.10 Å². The minimum absolute atomic E-state index is 0.0433. The monoisotopic (exact) mass is 345 g/mol. The summed E-state index contributed by atoms with van der Waals surface area (Å²) in [6.45, 7) is 1.82. The van der Waals surface area contributed by atoms with E-state index < -0.39 is 17.5 Å². The van der Waals surface area contributed by atoms with Crippen molar-refractivity contribution >= 4 is 23.3 Å². The van der Waals surface area contributed by atoms with Gasteiger partial charge in [0.1, 0.15) is 0 Å². The summed E-state index contributed by atoms with van der Waals surface area (Å²) in [7, 11) is 1.52. The summed E-state index contributed by atoms with van der Waals surface area (Å²) >= 11 is 0. The number of halogens is 2. The van der Waals surface area contributed by atoms with Gasteiger partial charge in [0.05, 0.1) is 11.9 Å². The molecule has 0 saturated carbocycles. The maximum atomic E-state index is 13.3. The number of aryl methyl sites for hydroxylation is 1. The lowest BCUT2D eigenvalue weighted by Gasteiger charge is -2.13. The molecule has 0 radical (unpaired) electrons. The Kier molecular flexibility index (Phi) is 4.38. The first-order valence-electron chi connectivity index (χ1n) is 7.20. The first kappa shape index (κ1) is 16.5. The minimum atomic E-state index is -1.01. The fourth-order valence-corrected chi connectivity index (χ4v) is 1.97. The molecule has 3 aromatic rings. The molecule has 0 saturated heterocycles. The Morgan fingerprint density at radius 1 is 1.16 bits per heavy atom. The number of nitrogens with one attached hydrogen (secondary N) is 1. The van der Waals surface area contributed by atoms with Gasteiger partial charge in [-0.15, -0.1) is 5.10 Å². The second kappa shape index (κ2) is 6.63. The van der Waals surface area contributed by atoms with Crippen LogP contribution in [0.3, 0.4) is 0 Å². The summed E-state index contributed by atoms with van der Waals surface area (Å²) in [5, 5.41) is 9.96. The predicted octanol–water partition coefficient (Wildman–Crippen LogP) is 3.07. The van der Waals surface area contributed by atoms with Crippen LogP contribution in [0.5, 0.6) is 0 Å². The Bertz CT molecular complexity index is 911. The molecule has 25 heavy (non-hydrogen) atoms. The number of benzene rings is 1. The fraction of sp³-hybridized carbons (Fsp3) is 0.125. The molecule has 0 unspecified atom stereocenters. The van der Waals surface area contributed by atoms with Crippen LogP contribution in [0, 0.1) is 18.6 Å². The van der Waals surface area contributed by atoms with E-state index in [0.29, 0.717) is 5.69 Å².